The van der Waals surface area contributed by atoms with Crippen LogP contribution in [0, 0.1) is 23.7 Å². The van der Waals surface area contributed by atoms with Gasteiger partial charge in [-0.25, -0.2) is 0 Å². The number of benzene rings is 1. The van der Waals surface area contributed by atoms with Gasteiger partial charge in [0, 0.05) is 0 Å². The molecule has 7 heteroatoms. The van der Waals surface area contributed by atoms with E-state index in [0.717, 1.165) is 49.7 Å². The molecule has 1 aromatic carbocycles. The summed E-state index contributed by atoms with van der Waals surface area (Å²) in [6.45, 7) is 2.25. The SMILES string of the molecule is CCCCC1CCC(C2CCC(C(=O)Oc3ccc(OC(F)(F)C(F)F)cc3)CC2)CC1. The Bertz CT molecular complexity index is 706. The van der Waals surface area contributed by atoms with Crippen molar-refractivity contribution in [2.24, 2.45) is 23.7 Å². The summed E-state index contributed by atoms with van der Waals surface area (Å²) >= 11 is 0. The molecule has 0 aliphatic heterocycles. The van der Waals surface area contributed by atoms with E-state index in [0.29, 0.717) is 5.92 Å². The predicted octanol–water partition coefficient (Wildman–Crippen LogP) is 7.63. The van der Waals surface area contributed by atoms with Gasteiger partial charge in [-0.05, 0) is 80.5 Å². The highest BCUT2D eigenvalue weighted by Gasteiger charge is 2.44. The number of rotatable bonds is 9. The number of hydrogen-bond donors (Lipinski definition) is 0. The number of ether oxygens (including phenoxy) is 2. The van der Waals surface area contributed by atoms with Crippen molar-refractivity contribution in [1.82, 2.24) is 0 Å². The molecular formula is C25H34F4O3. The molecule has 0 radical (unpaired) electrons. The van der Waals surface area contributed by atoms with E-state index in [9.17, 15) is 22.4 Å². The molecule has 0 unspecified atom stereocenters. The van der Waals surface area contributed by atoms with Crippen LogP contribution in [-0.2, 0) is 4.79 Å². The molecule has 32 heavy (non-hydrogen) atoms. The summed E-state index contributed by atoms with van der Waals surface area (Å²) in [6.07, 6.45) is 4.49. The van der Waals surface area contributed by atoms with Crippen molar-refractivity contribution in [2.75, 3.05) is 0 Å². The van der Waals surface area contributed by atoms with Crippen LogP contribution in [0.4, 0.5) is 17.6 Å². The maximum Gasteiger partial charge on any atom is 0.461 e. The molecule has 3 rings (SSSR count). The van der Waals surface area contributed by atoms with Gasteiger partial charge < -0.3 is 9.47 Å². The third-order valence-corrected chi connectivity index (χ3v) is 7.18. The van der Waals surface area contributed by atoms with Crippen LogP contribution in [0.15, 0.2) is 24.3 Å². The first-order chi connectivity index (χ1) is 15.3. The van der Waals surface area contributed by atoms with Crippen LogP contribution in [0.5, 0.6) is 11.5 Å². The second-order valence-electron chi connectivity index (χ2n) is 9.39. The highest BCUT2D eigenvalue weighted by atomic mass is 19.3. The first-order valence-electron chi connectivity index (χ1n) is 11.9. The lowest BCUT2D eigenvalue weighted by Gasteiger charge is -2.37. The summed E-state index contributed by atoms with van der Waals surface area (Å²) in [5, 5.41) is 0. The number of esters is 1. The summed E-state index contributed by atoms with van der Waals surface area (Å²) < 4.78 is 59.8. The fraction of sp³-hybridized carbons (Fsp3) is 0.720. The third kappa shape index (κ3) is 6.85. The molecule has 3 nitrogen and oxygen atoms in total. The summed E-state index contributed by atoms with van der Waals surface area (Å²) in [4.78, 5) is 12.5. The van der Waals surface area contributed by atoms with Crippen molar-refractivity contribution in [3.05, 3.63) is 24.3 Å². The Morgan fingerprint density at radius 3 is 2.00 bits per heavy atom. The van der Waals surface area contributed by atoms with Crippen molar-refractivity contribution < 1.29 is 31.8 Å². The number of carbonyl (C=O) groups is 1. The monoisotopic (exact) mass is 458 g/mol. The average molecular weight is 459 g/mol. The second-order valence-corrected chi connectivity index (χ2v) is 9.39. The summed E-state index contributed by atoms with van der Waals surface area (Å²) in [7, 11) is 0. The van der Waals surface area contributed by atoms with Gasteiger partial charge in [0.1, 0.15) is 11.5 Å². The second kappa shape index (κ2) is 11.4. The molecule has 2 aliphatic rings. The van der Waals surface area contributed by atoms with E-state index in [-0.39, 0.29) is 17.6 Å². The number of unbranched alkanes of at least 4 members (excludes halogenated alkanes) is 1. The molecule has 2 fully saturated rings. The van der Waals surface area contributed by atoms with E-state index in [1.807, 2.05) is 0 Å². The Balaban J connectivity index is 1.41. The van der Waals surface area contributed by atoms with Crippen molar-refractivity contribution in [3.63, 3.8) is 0 Å². The van der Waals surface area contributed by atoms with Gasteiger partial charge >= 0.3 is 18.5 Å². The molecule has 0 N–H and O–H groups in total. The van der Waals surface area contributed by atoms with Gasteiger partial charge in [0.25, 0.3) is 0 Å². The maximum atomic E-state index is 13.0. The van der Waals surface area contributed by atoms with Crippen molar-refractivity contribution in [3.8, 4) is 11.5 Å². The van der Waals surface area contributed by atoms with Gasteiger partial charge in [-0.1, -0.05) is 39.0 Å². The molecule has 2 saturated carbocycles. The van der Waals surface area contributed by atoms with Gasteiger partial charge in [-0.15, -0.1) is 0 Å². The van der Waals surface area contributed by atoms with Crippen LogP contribution in [0.1, 0.15) is 77.6 Å². The molecule has 0 atom stereocenters. The van der Waals surface area contributed by atoms with Crippen molar-refractivity contribution >= 4 is 5.97 Å². The normalized spacial score (nSPS) is 26.7. The van der Waals surface area contributed by atoms with Crippen LogP contribution in [-0.4, -0.2) is 18.5 Å². The zero-order chi connectivity index (χ0) is 23.1. The number of hydrogen-bond acceptors (Lipinski definition) is 3. The van der Waals surface area contributed by atoms with E-state index in [1.165, 1.54) is 57.1 Å². The topological polar surface area (TPSA) is 35.5 Å². The number of alkyl halides is 4. The van der Waals surface area contributed by atoms with Gasteiger partial charge in [0.15, 0.2) is 0 Å². The molecule has 0 spiro atoms. The fourth-order valence-electron chi connectivity index (χ4n) is 5.24. The van der Waals surface area contributed by atoms with Crippen molar-refractivity contribution in [1.29, 1.82) is 0 Å². The molecule has 2 aliphatic carbocycles. The minimum absolute atomic E-state index is 0.161. The lowest BCUT2D eigenvalue weighted by Crippen LogP contribution is -2.33. The molecule has 180 valence electrons. The Morgan fingerprint density at radius 2 is 1.47 bits per heavy atom. The molecular weight excluding hydrogens is 424 g/mol. The quantitative estimate of drug-likeness (QED) is 0.217. The maximum absolute atomic E-state index is 13.0. The highest BCUT2D eigenvalue weighted by Crippen LogP contribution is 2.42. The van der Waals surface area contributed by atoms with E-state index in [2.05, 4.69) is 11.7 Å². The highest BCUT2D eigenvalue weighted by molar-refractivity contribution is 5.75. The van der Waals surface area contributed by atoms with Gasteiger partial charge in [0.2, 0.25) is 0 Å². The summed E-state index contributed by atoms with van der Waals surface area (Å²) in [5.41, 5.74) is 0. The zero-order valence-electron chi connectivity index (χ0n) is 18.7. The minimum atomic E-state index is -4.56. The number of carbonyl (C=O) groups excluding carboxylic acids is 1. The Morgan fingerprint density at radius 1 is 0.938 bits per heavy atom. The lowest BCUT2D eigenvalue weighted by molar-refractivity contribution is -0.253. The minimum Gasteiger partial charge on any atom is -0.428 e. The van der Waals surface area contributed by atoms with Crippen molar-refractivity contribution in [2.45, 2.75) is 90.1 Å². The van der Waals surface area contributed by atoms with Crippen LogP contribution >= 0.6 is 0 Å². The number of halogens is 4. The average Bonchev–Trinajstić information content (AvgIpc) is 2.79. The van der Waals surface area contributed by atoms with E-state index in [1.54, 1.807) is 0 Å². The Hall–Kier alpha value is -1.79. The molecule has 0 saturated heterocycles. The van der Waals surface area contributed by atoms with E-state index < -0.39 is 18.3 Å². The lowest BCUT2D eigenvalue weighted by atomic mass is 9.68. The van der Waals surface area contributed by atoms with E-state index in [4.69, 9.17) is 4.74 Å². The van der Waals surface area contributed by atoms with E-state index >= 15 is 0 Å². The molecule has 1 aromatic rings. The smallest absolute Gasteiger partial charge is 0.428 e. The molecule has 0 amide bonds. The van der Waals surface area contributed by atoms with Gasteiger partial charge in [0.05, 0.1) is 5.92 Å². The van der Waals surface area contributed by atoms with Crippen LogP contribution in [0.25, 0.3) is 0 Å². The standard InChI is InChI=1S/C25H34F4O3/c1-2-3-4-17-5-7-18(8-6-17)19-9-11-20(12-10-19)23(30)31-21-13-15-22(16-14-21)32-25(28,29)24(26)27/h13-20,24H,2-12H2,1H3. The first-order valence-corrected chi connectivity index (χ1v) is 11.9. The first kappa shape index (κ1) is 24.8. The molecule has 0 heterocycles. The fourth-order valence-corrected chi connectivity index (χ4v) is 5.24. The molecule has 0 aromatic heterocycles. The van der Waals surface area contributed by atoms with Crippen LogP contribution in [0.3, 0.4) is 0 Å². The van der Waals surface area contributed by atoms with Crippen LogP contribution < -0.4 is 9.47 Å². The zero-order valence-corrected chi connectivity index (χ0v) is 18.7. The van der Waals surface area contributed by atoms with Gasteiger partial charge in [-0.2, -0.15) is 17.6 Å². The van der Waals surface area contributed by atoms with Gasteiger partial charge in [-0.3, -0.25) is 4.79 Å². The molecule has 0 bridgehead atoms. The summed E-state index contributed by atoms with van der Waals surface area (Å²) in [5.74, 6) is 1.67. The van der Waals surface area contributed by atoms with Crippen LogP contribution in [0.2, 0.25) is 0 Å². The third-order valence-electron chi connectivity index (χ3n) is 7.18. The Kier molecular flexibility index (Phi) is 8.83. The summed E-state index contributed by atoms with van der Waals surface area (Å²) in [6, 6.07) is 4.73. The Labute approximate surface area is 187 Å². The largest absolute Gasteiger partial charge is 0.461 e. The predicted molar refractivity (Wildman–Crippen MR) is 114 cm³/mol.